The normalized spacial score (nSPS) is 23.8. The van der Waals surface area contributed by atoms with E-state index in [2.05, 4.69) is 6.92 Å². The Bertz CT molecular complexity index is 150. The molecule has 1 saturated carbocycles. The Hall–Kier alpha value is -0.370. The lowest BCUT2D eigenvalue weighted by Gasteiger charge is -2.30. The molecule has 0 saturated heterocycles. The van der Waals surface area contributed by atoms with Crippen LogP contribution in [0.25, 0.3) is 0 Å². The second-order valence-corrected chi connectivity index (χ2v) is 4.09. The van der Waals surface area contributed by atoms with E-state index in [4.69, 9.17) is 4.74 Å². The predicted molar refractivity (Wildman–Crippen MR) is 52.6 cm³/mol. The number of methoxy groups -OCH3 is 1. The van der Waals surface area contributed by atoms with Crippen LogP contribution in [0.5, 0.6) is 0 Å². The van der Waals surface area contributed by atoms with Crippen molar-refractivity contribution in [2.45, 2.75) is 45.1 Å². The molecule has 1 fully saturated rings. The second-order valence-electron chi connectivity index (χ2n) is 4.09. The van der Waals surface area contributed by atoms with E-state index in [1.165, 1.54) is 32.1 Å². The first-order valence-electron chi connectivity index (χ1n) is 5.27. The van der Waals surface area contributed by atoms with Gasteiger partial charge in [0.25, 0.3) is 0 Å². The van der Waals surface area contributed by atoms with E-state index in [1.54, 1.807) is 7.11 Å². The number of ether oxygens (including phenoxy) is 1. The van der Waals surface area contributed by atoms with Crippen molar-refractivity contribution in [2.75, 3.05) is 7.11 Å². The van der Waals surface area contributed by atoms with Gasteiger partial charge in [-0.15, -0.1) is 0 Å². The van der Waals surface area contributed by atoms with Crippen LogP contribution in [-0.2, 0) is 9.53 Å². The maximum Gasteiger partial charge on any atom is 0.149 e. The van der Waals surface area contributed by atoms with Crippen molar-refractivity contribution in [3.05, 3.63) is 0 Å². The van der Waals surface area contributed by atoms with Crippen LogP contribution in [0.1, 0.15) is 39.0 Å². The Morgan fingerprint density at radius 1 is 1.31 bits per heavy atom. The van der Waals surface area contributed by atoms with Gasteiger partial charge in [0.05, 0.1) is 0 Å². The van der Waals surface area contributed by atoms with Crippen molar-refractivity contribution >= 4 is 6.29 Å². The molecular formula is C11H20O2. The first-order chi connectivity index (χ1) is 6.29. The standard InChI is InChI=1S/C11H20O2/c1-9(11(8-12)13-2)10-6-4-3-5-7-10/h8-11H,3-7H2,1-2H3. The molecule has 1 aliphatic rings. The summed E-state index contributed by atoms with van der Waals surface area (Å²) in [7, 11) is 1.62. The fourth-order valence-corrected chi connectivity index (χ4v) is 2.32. The minimum absolute atomic E-state index is 0.192. The molecule has 0 aromatic rings. The van der Waals surface area contributed by atoms with E-state index in [-0.39, 0.29) is 6.10 Å². The molecule has 13 heavy (non-hydrogen) atoms. The van der Waals surface area contributed by atoms with E-state index in [0.29, 0.717) is 11.8 Å². The van der Waals surface area contributed by atoms with Crippen LogP contribution >= 0.6 is 0 Å². The summed E-state index contributed by atoms with van der Waals surface area (Å²) in [4.78, 5) is 10.7. The van der Waals surface area contributed by atoms with Crippen molar-refractivity contribution in [1.29, 1.82) is 0 Å². The third kappa shape index (κ3) is 2.80. The van der Waals surface area contributed by atoms with Gasteiger partial charge in [-0.2, -0.15) is 0 Å². The summed E-state index contributed by atoms with van der Waals surface area (Å²) < 4.78 is 5.15. The topological polar surface area (TPSA) is 26.3 Å². The molecule has 0 N–H and O–H groups in total. The molecule has 2 nitrogen and oxygen atoms in total. The van der Waals surface area contributed by atoms with Gasteiger partial charge in [0.15, 0.2) is 0 Å². The average molecular weight is 184 g/mol. The molecule has 1 aliphatic carbocycles. The van der Waals surface area contributed by atoms with Crippen molar-refractivity contribution in [3.8, 4) is 0 Å². The molecule has 0 radical (unpaired) electrons. The Kier molecular flexibility index (Phi) is 4.43. The number of rotatable bonds is 4. The van der Waals surface area contributed by atoms with Gasteiger partial charge >= 0.3 is 0 Å². The minimum atomic E-state index is -0.192. The number of hydrogen-bond donors (Lipinski definition) is 0. The van der Waals surface area contributed by atoms with Crippen molar-refractivity contribution in [1.82, 2.24) is 0 Å². The quantitative estimate of drug-likeness (QED) is 0.627. The summed E-state index contributed by atoms with van der Waals surface area (Å²) in [5.41, 5.74) is 0. The van der Waals surface area contributed by atoms with Gasteiger partial charge in [0, 0.05) is 7.11 Å². The van der Waals surface area contributed by atoms with Gasteiger partial charge in [-0.05, 0) is 11.8 Å². The van der Waals surface area contributed by atoms with Gasteiger partial charge in [0.1, 0.15) is 12.4 Å². The molecule has 2 atom stereocenters. The molecule has 2 heteroatoms. The molecule has 0 heterocycles. The minimum Gasteiger partial charge on any atom is -0.374 e. The summed E-state index contributed by atoms with van der Waals surface area (Å²) in [6.07, 6.45) is 7.31. The summed E-state index contributed by atoms with van der Waals surface area (Å²) in [6.45, 7) is 2.14. The lowest BCUT2D eigenvalue weighted by atomic mass is 9.79. The average Bonchev–Trinajstić information content (AvgIpc) is 2.21. The van der Waals surface area contributed by atoms with Gasteiger partial charge in [-0.25, -0.2) is 0 Å². The first kappa shape index (κ1) is 10.7. The maximum absolute atomic E-state index is 10.7. The highest BCUT2D eigenvalue weighted by Gasteiger charge is 2.26. The van der Waals surface area contributed by atoms with Crippen LogP contribution in [-0.4, -0.2) is 19.5 Å². The van der Waals surface area contributed by atoms with E-state index in [0.717, 1.165) is 6.29 Å². The highest BCUT2D eigenvalue weighted by Crippen LogP contribution is 2.31. The molecule has 76 valence electrons. The zero-order valence-electron chi connectivity index (χ0n) is 8.66. The van der Waals surface area contributed by atoms with Crippen LogP contribution in [0, 0.1) is 11.8 Å². The molecule has 0 spiro atoms. The van der Waals surface area contributed by atoms with Crippen LogP contribution in [0.4, 0.5) is 0 Å². The molecule has 2 unspecified atom stereocenters. The van der Waals surface area contributed by atoms with Gasteiger partial charge in [-0.1, -0.05) is 39.0 Å². The summed E-state index contributed by atoms with van der Waals surface area (Å²) >= 11 is 0. The van der Waals surface area contributed by atoms with Gasteiger partial charge in [-0.3, -0.25) is 0 Å². The Labute approximate surface area is 80.7 Å². The van der Waals surface area contributed by atoms with Crippen LogP contribution < -0.4 is 0 Å². The fourth-order valence-electron chi connectivity index (χ4n) is 2.32. The summed E-state index contributed by atoms with van der Waals surface area (Å²) in [5, 5.41) is 0. The Balaban J connectivity index is 2.43. The second kappa shape index (κ2) is 5.38. The maximum atomic E-state index is 10.7. The van der Waals surface area contributed by atoms with Crippen molar-refractivity contribution < 1.29 is 9.53 Å². The van der Waals surface area contributed by atoms with Crippen LogP contribution in [0.15, 0.2) is 0 Å². The number of carbonyl (C=O) groups excluding carboxylic acids is 1. The molecule has 0 aliphatic heterocycles. The highest BCUT2D eigenvalue weighted by atomic mass is 16.5. The lowest BCUT2D eigenvalue weighted by molar-refractivity contribution is -0.120. The number of carbonyl (C=O) groups is 1. The lowest BCUT2D eigenvalue weighted by Crippen LogP contribution is -2.29. The predicted octanol–water partition coefficient (Wildman–Crippen LogP) is 2.42. The highest BCUT2D eigenvalue weighted by molar-refractivity contribution is 5.56. The first-order valence-corrected chi connectivity index (χ1v) is 5.27. The Morgan fingerprint density at radius 2 is 1.92 bits per heavy atom. The van der Waals surface area contributed by atoms with E-state index < -0.39 is 0 Å². The molecule has 0 aromatic heterocycles. The third-order valence-corrected chi connectivity index (χ3v) is 3.32. The zero-order chi connectivity index (χ0) is 9.68. The molecule has 0 bridgehead atoms. The van der Waals surface area contributed by atoms with E-state index >= 15 is 0 Å². The zero-order valence-corrected chi connectivity index (χ0v) is 8.66. The monoisotopic (exact) mass is 184 g/mol. The van der Waals surface area contributed by atoms with Crippen LogP contribution in [0.3, 0.4) is 0 Å². The smallest absolute Gasteiger partial charge is 0.149 e. The van der Waals surface area contributed by atoms with Crippen molar-refractivity contribution in [2.24, 2.45) is 11.8 Å². The third-order valence-electron chi connectivity index (χ3n) is 3.32. The van der Waals surface area contributed by atoms with E-state index in [9.17, 15) is 4.79 Å². The van der Waals surface area contributed by atoms with Crippen molar-refractivity contribution in [3.63, 3.8) is 0 Å². The van der Waals surface area contributed by atoms with E-state index in [1.807, 2.05) is 0 Å². The summed E-state index contributed by atoms with van der Waals surface area (Å²) in [6, 6.07) is 0. The number of aldehydes is 1. The molecular weight excluding hydrogens is 164 g/mol. The van der Waals surface area contributed by atoms with Gasteiger partial charge < -0.3 is 9.53 Å². The fraction of sp³-hybridized carbons (Fsp3) is 0.909. The molecule has 1 rings (SSSR count). The van der Waals surface area contributed by atoms with Gasteiger partial charge in [0.2, 0.25) is 0 Å². The molecule has 0 amide bonds. The summed E-state index contributed by atoms with van der Waals surface area (Å²) in [5.74, 6) is 1.09. The Morgan fingerprint density at radius 3 is 2.38 bits per heavy atom. The SMILES string of the molecule is COC(C=O)C(C)C1CCCCC1. The molecule has 0 aromatic carbocycles. The largest absolute Gasteiger partial charge is 0.374 e. The van der Waals surface area contributed by atoms with Crippen LogP contribution in [0.2, 0.25) is 0 Å². The number of hydrogen-bond acceptors (Lipinski definition) is 2.